The van der Waals surface area contributed by atoms with Gasteiger partial charge in [-0.2, -0.15) is 0 Å². The van der Waals surface area contributed by atoms with Gasteiger partial charge in [0.2, 0.25) is 11.8 Å². The van der Waals surface area contributed by atoms with E-state index >= 15 is 0 Å². The van der Waals surface area contributed by atoms with Gasteiger partial charge in [0.1, 0.15) is 0 Å². The Kier molecular flexibility index (Phi) is 6.45. The molecule has 0 atom stereocenters. The van der Waals surface area contributed by atoms with Crippen LogP contribution < -0.4 is 5.32 Å². The van der Waals surface area contributed by atoms with Crippen LogP contribution in [0.1, 0.15) is 31.7 Å². The molecule has 0 aliphatic rings. The van der Waals surface area contributed by atoms with Gasteiger partial charge in [0, 0.05) is 6.54 Å². The van der Waals surface area contributed by atoms with Crippen LogP contribution in [0.25, 0.3) is 0 Å². The summed E-state index contributed by atoms with van der Waals surface area (Å²) in [6.07, 6.45) is 1.59. The number of benzene rings is 1. The van der Waals surface area contributed by atoms with Crippen molar-refractivity contribution >= 4 is 17.7 Å². The maximum atomic E-state index is 11.7. The van der Waals surface area contributed by atoms with Crippen LogP contribution in [0.5, 0.6) is 0 Å². The smallest absolute Gasteiger partial charge is 0.277 e. The largest absolute Gasteiger partial charge is 0.416 e. The van der Waals surface area contributed by atoms with E-state index in [9.17, 15) is 4.79 Å². The standard InChI is InChI=1S/C16H21N3O2S/c1-12(2)8-9-17-14(20)11-22-16-19-18-15(21-16)10-13-6-4-3-5-7-13/h3-7,12H,8-11H2,1-2H3,(H,17,20). The van der Waals surface area contributed by atoms with Gasteiger partial charge in [0.25, 0.3) is 5.22 Å². The number of hydrogen-bond acceptors (Lipinski definition) is 5. The van der Waals surface area contributed by atoms with Crippen molar-refractivity contribution in [1.82, 2.24) is 15.5 Å². The number of amides is 1. The fraction of sp³-hybridized carbons (Fsp3) is 0.438. The molecule has 0 fully saturated rings. The lowest BCUT2D eigenvalue weighted by Crippen LogP contribution is -2.26. The van der Waals surface area contributed by atoms with Crippen LogP contribution in [0.4, 0.5) is 0 Å². The Morgan fingerprint density at radius 2 is 2.05 bits per heavy atom. The van der Waals surface area contributed by atoms with Gasteiger partial charge < -0.3 is 9.73 Å². The van der Waals surface area contributed by atoms with Crippen molar-refractivity contribution in [2.75, 3.05) is 12.3 Å². The minimum atomic E-state index is -0.00606. The highest BCUT2D eigenvalue weighted by atomic mass is 32.2. The Morgan fingerprint density at radius 3 is 2.77 bits per heavy atom. The van der Waals surface area contributed by atoms with E-state index in [1.54, 1.807) is 0 Å². The Labute approximate surface area is 134 Å². The molecule has 5 nitrogen and oxygen atoms in total. The molecule has 1 heterocycles. The van der Waals surface area contributed by atoms with Crippen molar-refractivity contribution in [1.29, 1.82) is 0 Å². The molecule has 1 N–H and O–H groups in total. The third-order valence-electron chi connectivity index (χ3n) is 3.02. The summed E-state index contributed by atoms with van der Waals surface area (Å²) in [6.45, 7) is 4.97. The molecule has 0 spiro atoms. The molecule has 0 aliphatic carbocycles. The molecule has 1 aromatic heterocycles. The van der Waals surface area contributed by atoms with E-state index in [1.807, 2.05) is 30.3 Å². The van der Waals surface area contributed by atoms with E-state index in [-0.39, 0.29) is 5.91 Å². The molecule has 0 radical (unpaired) electrons. The van der Waals surface area contributed by atoms with Gasteiger partial charge in [-0.05, 0) is 17.9 Å². The molecule has 0 bridgehead atoms. The van der Waals surface area contributed by atoms with Crippen LogP contribution >= 0.6 is 11.8 Å². The van der Waals surface area contributed by atoms with E-state index < -0.39 is 0 Å². The summed E-state index contributed by atoms with van der Waals surface area (Å²) in [6, 6.07) is 9.95. The highest BCUT2D eigenvalue weighted by Gasteiger charge is 2.10. The fourth-order valence-electron chi connectivity index (χ4n) is 1.82. The average Bonchev–Trinajstić information content (AvgIpc) is 2.93. The van der Waals surface area contributed by atoms with Crippen LogP contribution in [-0.4, -0.2) is 28.4 Å². The van der Waals surface area contributed by atoms with Gasteiger partial charge >= 0.3 is 0 Å². The summed E-state index contributed by atoms with van der Waals surface area (Å²) in [5, 5.41) is 11.3. The molecule has 1 amide bonds. The first-order valence-electron chi connectivity index (χ1n) is 7.39. The van der Waals surface area contributed by atoms with Gasteiger partial charge in [-0.3, -0.25) is 4.79 Å². The molecular formula is C16H21N3O2S. The van der Waals surface area contributed by atoms with Crippen molar-refractivity contribution in [3.8, 4) is 0 Å². The lowest BCUT2D eigenvalue weighted by atomic mass is 10.1. The Morgan fingerprint density at radius 1 is 1.27 bits per heavy atom. The number of aromatic nitrogens is 2. The zero-order chi connectivity index (χ0) is 15.8. The number of thioether (sulfide) groups is 1. The lowest BCUT2D eigenvalue weighted by molar-refractivity contribution is -0.118. The first-order valence-corrected chi connectivity index (χ1v) is 8.38. The molecule has 0 aliphatic heterocycles. The highest BCUT2D eigenvalue weighted by Crippen LogP contribution is 2.17. The number of rotatable bonds is 8. The normalized spacial score (nSPS) is 10.9. The Bertz CT molecular complexity index is 584. The number of carbonyl (C=O) groups is 1. The van der Waals surface area contributed by atoms with E-state index in [4.69, 9.17) is 4.42 Å². The van der Waals surface area contributed by atoms with Gasteiger partial charge in [-0.15, -0.1) is 10.2 Å². The minimum absolute atomic E-state index is 0.00606. The van der Waals surface area contributed by atoms with Crippen molar-refractivity contribution in [2.45, 2.75) is 31.9 Å². The maximum Gasteiger partial charge on any atom is 0.277 e. The van der Waals surface area contributed by atoms with Crippen LogP contribution in [-0.2, 0) is 11.2 Å². The zero-order valence-electron chi connectivity index (χ0n) is 12.9. The predicted molar refractivity (Wildman–Crippen MR) is 86.7 cm³/mol. The molecule has 0 saturated carbocycles. The SMILES string of the molecule is CC(C)CCNC(=O)CSc1nnc(Cc2ccccc2)o1. The number of nitrogens with zero attached hydrogens (tertiary/aromatic N) is 2. The van der Waals surface area contributed by atoms with Crippen LogP contribution in [0.2, 0.25) is 0 Å². The Hall–Kier alpha value is -1.82. The number of carbonyl (C=O) groups excluding carboxylic acids is 1. The first-order chi connectivity index (χ1) is 10.6. The molecule has 0 unspecified atom stereocenters. The van der Waals surface area contributed by atoms with E-state index in [1.165, 1.54) is 11.8 Å². The van der Waals surface area contributed by atoms with Gasteiger partial charge in [-0.25, -0.2) is 0 Å². The minimum Gasteiger partial charge on any atom is -0.416 e. The molecule has 2 rings (SSSR count). The molecule has 2 aromatic rings. The number of hydrogen-bond donors (Lipinski definition) is 1. The van der Waals surface area contributed by atoms with Crippen molar-refractivity contribution < 1.29 is 9.21 Å². The average molecular weight is 319 g/mol. The molecule has 0 saturated heterocycles. The third-order valence-corrected chi connectivity index (χ3v) is 3.84. The maximum absolute atomic E-state index is 11.7. The topological polar surface area (TPSA) is 68.0 Å². The van der Waals surface area contributed by atoms with Crippen LogP contribution in [0.15, 0.2) is 40.0 Å². The third kappa shape index (κ3) is 5.89. The zero-order valence-corrected chi connectivity index (χ0v) is 13.7. The fourth-order valence-corrected chi connectivity index (χ4v) is 2.43. The van der Waals surface area contributed by atoms with Crippen molar-refractivity contribution in [2.24, 2.45) is 5.92 Å². The van der Waals surface area contributed by atoms with Gasteiger partial charge in [0.15, 0.2) is 0 Å². The second-order valence-corrected chi connectivity index (χ2v) is 6.37. The second kappa shape index (κ2) is 8.58. The molecule has 1 aromatic carbocycles. The first kappa shape index (κ1) is 16.5. The van der Waals surface area contributed by atoms with Crippen LogP contribution in [0.3, 0.4) is 0 Å². The molecule has 22 heavy (non-hydrogen) atoms. The summed E-state index contributed by atoms with van der Waals surface area (Å²) < 4.78 is 5.54. The summed E-state index contributed by atoms with van der Waals surface area (Å²) in [7, 11) is 0. The molecule has 6 heteroatoms. The van der Waals surface area contributed by atoms with Crippen molar-refractivity contribution in [3.63, 3.8) is 0 Å². The van der Waals surface area contributed by atoms with Crippen LogP contribution in [0, 0.1) is 5.92 Å². The van der Waals surface area contributed by atoms with Gasteiger partial charge in [0.05, 0.1) is 12.2 Å². The Balaban J connectivity index is 1.74. The number of nitrogens with one attached hydrogen (secondary N) is 1. The van der Waals surface area contributed by atoms with E-state index in [0.29, 0.717) is 35.7 Å². The summed E-state index contributed by atoms with van der Waals surface area (Å²) in [5.41, 5.74) is 1.12. The second-order valence-electron chi connectivity index (χ2n) is 5.45. The quantitative estimate of drug-likeness (QED) is 0.758. The van der Waals surface area contributed by atoms with Crippen molar-refractivity contribution in [3.05, 3.63) is 41.8 Å². The lowest BCUT2D eigenvalue weighted by Gasteiger charge is -2.05. The molecule has 118 valence electrons. The predicted octanol–water partition coefficient (Wildman–Crippen LogP) is 2.91. The molecular weight excluding hydrogens is 298 g/mol. The monoisotopic (exact) mass is 319 g/mol. The summed E-state index contributed by atoms with van der Waals surface area (Å²) in [4.78, 5) is 11.7. The van der Waals surface area contributed by atoms with Gasteiger partial charge in [-0.1, -0.05) is 55.9 Å². The van der Waals surface area contributed by atoms with E-state index in [0.717, 1.165) is 12.0 Å². The summed E-state index contributed by atoms with van der Waals surface area (Å²) in [5.74, 6) is 1.44. The highest BCUT2D eigenvalue weighted by molar-refractivity contribution is 7.99. The summed E-state index contributed by atoms with van der Waals surface area (Å²) >= 11 is 1.27. The van der Waals surface area contributed by atoms with E-state index in [2.05, 4.69) is 29.4 Å².